The van der Waals surface area contributed by atoms with Crippen molar-refractivity contribution >= 4 is 38.5 Å². The van der Waals surface area contributed by atoms with Gasteiger partial charge in [-0.3, -0.25) is 4.99 Å². The summed E-state index contributed by atoms with van der Waals surface area (Å²) in [5, 5.41) is 17.8. The van der Waals surface area contributed by atoms with E-state index >= 15 is 0 Å². The van der Waals surface area contributed by atoms with Crippen molar-refractivity contribution in [2.45, 2.75) is 36.4 Å². The van der Waals surface area contributed by atoms with Crippen LogP contribution in [-0.2, 0) is 16.2 Å². The zero-order valence-corrected chi connectivity index (χ0v) is 20.6. The normalized spacial score (nSPS) is 15.8. The summed E-state index contributed by atoms with van der Waals surface area (Å²) in [6.07, 6.45) is -2.85. The van der Waals surface area contributed by atoms with Gasteiger partial charge in [-0.25, -0.2) is 17.5 Å². The molecule has 2 heterocycles. The lowest BCUT2D eigenvalue weighted by atomic mass is 10.0. The number of aliphatic imine (C=N–C) groups is 1. The van der Waals surface area contributed by atoms with Crippen LogP contribution in [0.4, 0.5) is 23.4 Å². The maximum absolute atomic E-state index is 13.4. The Morgan fingerprint density at radius 1 is 1.16 bits per heavy atom. The summed E-state index contributed by atoms with van der Waals surface area (Å²) in [7, 11) is -2.92. The van der Waals surface area contributed by atoms with E-state index in [1.54, 1.807) is 7.05 Å². The summed E-state index contributed by atoms with van der Waals surface area (Å²) in [5.74, 6) is -0.571. The summed E-state index contributed by atoms with van der Waals surface area (Å²) in [5.41, 5.74) is -0.345. The van der Waals surface area contributed by atoms with Crippen LogP contribution in [0.15, 0.2) is 52.4 Å². The van der Waals surface area contributed by atoms with E-state index < -0.39 is 38.5 Å². The average molecular weight is 537 g/mol. The van der Waals surface area contributed by atoms with E-state index in [1.165, 1.54) is 6.21 Å². The molecule has 37 heavy (non-hydrogen) atoms. The van der Waals surface area contributed by atoms with E-state index in [0.29, 0.717) is 61.7 Å². The Balaban J connectivity index is 1.54. The first-order valence-electron chi connectivity index (χ1n) is 11.4. The van der Waals surface area contributed by atoms with Crippen LogP contribution in [0, 0.1) is 11.2 Å². The highest BCUT2D eigenvalue weighted by molar-refractivity contribution is 7.89. The first kappa shape index (κ1) is 26.6. The van der Waals surface area contributed by atoms with Gasteiger partial charge in [-0.15, -0.1) is 10.2 Å². The number of nitrogens with zero attached hydrogens (tertiary/aromatic N) is 4. The third-order valence-electron chi connectivity index (χ3n) is 6.16. The van der Waals surface area contributed by atoms with Gasteiger partial charge in [0.15, 0.2) is 5.82 Å². The molecular weight excluding hydrogens is 512 g/mol. The summed E-state index contributed by atoms with van der Waals surface area (Å²) >= 11 is 0. The quantitative estimate of drug-likeness (QED) is 0.348. The predicted octanol–water partition coefficient (Wildman–Crippen LogP) is 4.19. The zero-order chi connectivity index (χ0) is 26.8. The summed E-state index contributed by atoms with van der Waals surface area (Å²) < 4.78 is 81.4. The highest BCUT2D eigenvalue weighted by Crippen LogP contribution is 2.35. The van der Waals surface area contributed by atoms with E-state index in [-0.39, 0.29) is 6.07 Å². The number of anilines is 1. The number of piperidine rings is 1. The van der Waals surface area contributed by atoms with Crippen LogP contribution in [0.5, 0.6) is 0 Å². The summed E-state index contributed by atoms with van der Waals surface area (Å²) in [6, 6.07) is 8.39. The van der Waals surface area contributed by atoms with Crippen LogP contribution in [0.2, 0.25) is 0 Å². The minimum Gasteiger partial charge on any atom is -0.354 e. The number of nitrogens with one attached hydrogen (secondary N) is 2. The van der Waals surface area contributed by atoms with Crippen LogP contribution < -0.4 is 9.62 Å². The van der Waals surface area contributed by atoms with Crippen LogP contribution in [0.25, 0.3) is 10.8 Å². The molecule has 1 aliphatic rings. The molecule has 8 nitrogen and oxygen atoms in total. The maximum Gasteiger partial charge on any atom is 0.417 e. The Bertz CT molecular complexity index is 1450. The van der Waals surface area contributed by atoms with Gasteiger partial charge < -0.3 is 10.3 Å². The molecule has 0 amide bonds. The second-order valence-corrected chi connectivity index (χ2v) is 10.2. The van der Waals surface area contributed by atoms with E-state index in [1.807, 2.05) is 29.2 Å². The molecule has 0 spiro atoms. The van der Waals surface area contributed by atoms with Crippen LogP contribution in [-0.4, -0.2) is 56.7 Å². The largest absolute Gasteiger partial charge is 0.417 e. The summed E-state index contributed by atoms with van der Waals surface area (Å²) in [4.78, 5) is 5.17. The lowest BCUT2D eigenvalue weighted by Gasteiger charge is -2.33. The van der Waals surface area contributed by atoms with Gasteiger partial charge in [0.1, 0.15) is 11.5 Å². The third-order valence-corrected chi connectivity index (χ3v) is 7.74. The fourth-order valence-electron chi connectivity index (χ4n) is 4.38. The minimum absolute atomic E-state index is 0.182. The Kier molecular flexibility index (Phi) is 7.55. The second kappa shape index (κ2) is 10.5. The fourth-order valence-corrected chi connectivity index (χ4v) is 5.89. The van der Waals surface area contributed by atoms with Gasteiger partial charge in [0.2, 0.25) is 10.0 Å². The standard InChI is InChI=1S/C24H24F4N6O2S/c1-30-20(8-11-29)22-17-4-2-3-5-18(17)23(32-31-22)34-12-9-16(10-13-34)33-37(35,36)21-7-6-15(25)14-19(21)24(26,27)28/h2-7,11,14,16,29,33H,8-10,12-13H2,1H3. The molecule has 0 unspecified atom stereocenters. The van der Waals surface area contributed by atoms with Crippen molar-refractivity contribution in [3.8, 4) is 0 Å². The van der Waals surface area contributed by atoms with Crippen molar-refractivity contribution in [1.82, 2.24) is 14.9 Å². The van der Waals surface area contributed by atoms with E-state index in [2.05, 4.69) is 19.9 Å². The van der Waals surface area contributed by atoms with Gasteiger partial charge in [0, 0.05) is 49.6 Å². The van der Waals surface area contributed by atoms with Crippen molar-refractivity contribution in [2.24, 2.45) is 4.99 Å². The second-order valence-electron chi connectivity index (χ2n) is 8.52. The van der Waals surface area contributed by atoms with Crippen molar-refractivity contribution < 1.29 is 26.0 Å². The molecule has 4 rings (SSSR count). The van der Waals surface area contributed by atoms with Crippen molar-refractivity contribution in [1.29, 1.82) is 5.41 Å². The summed E-state index contributed by atoms with van der Waals surface area (Å²) in [6.45, 7) is 0.770. The minimum atomic E-state index is -5.03. The molecule has 1 aliphatic heterocycles. The van der Waals surface area contributed by atoms with Gasteiger partial charge in [-0.05, 0) is 31.0 Å². The van der Waals surface area contributed by atoms with Crippen molar-refractivity contribution in [3.05, 3.63) is 59.5 Å². The third kappa shape index (κ3) is 5.62. The highest BCUT2D eigenvalue weighted by atomic mass is 32.2. The predicted molar refractivity (Wildman–Crippen MR) is 132 cm³/mol. The molecule has 3 aromatic rings. The molecule has 196 valence electrons. The number of hydrogen-bond acceptors (Lipinski definition) is 7. The lowest BCUT2D eigenvalue weighted by molar-refractivity contribution is -0.140. The monoisotopic (exact) mass is 536 g/mol. The van der Waals surface area contributed by atoms with Gasteiger partial charge >= 0.3 is 6.18 Å². The number of sulfonamides is 1. The van der Waals surface area contributed by atoms with Gasteiger partial charge in [-0.2, -0.15) is 13.2 Å². The molecular formula is C24H24F4N6O2S. The number of alkyl halides is 3. The molecule has 1 fully saturated rings. The van der Waals surface area contributed by atoms with Gasteiger partial charge in [0.05, 0.1) is 16.2 Å². The van der Waals surface area contributed by atoms with Crippen LogP contribution in [0.3, 0.4) is 0 Å². The van der Waals surface area contributed by atoms with Gasteiger partial charge in [-0.1, -0.05) is 24.3 Å². The molecule has 2 N–H and O–H groups in total. The maximum atomic E-state index is 13.4. The Morgan fingerprint density at radius 3 is 2.46 bits per heavy atom. The number of hydrogen-bond donors (Lipinski definition) is 2. The number of fused-ring (bicyclic) bond motifs is 1. The number of halogens is 4. The van der Waals surface area contributed by atoms with E-state index in [9.17, 15) is 26.0 Å². The molecule has 2 aromatic carbocycles. The molecule has 0 radical (unpaired) electrons. The van der Waals surface area contributed by atoms with Gasteiger partial charge in [0.25, 0.3) is 0 Å². The molecule has 1 aromatic heterocycles. The van der Waals surface area contributed by atoms with Crippen molar-refractivity contribution in [2.75, 3.05) is 25.0 Å². The average Bonchev–Trinajstić information content (AvgIpc) is 2.86. The first-order chi connectivity index (χ1) is 17.5. The highest BCUT2D eigenvalue weighted by Gasteiger charge is 2.38. The molecule has 13 heteroatoms. The van der Waals surface area contributed by atoms with E-state index in [4.69, 9.17) is 5.41 Å². The number of rotatable bonds is 7. The van der Waals surface area contributed by atoms with Crippen LogP contribution >= 0.6 is 0 Å². The topological polar surface area (TPSA) is 111 Å². The first-order valence-corrected chi connectivity index (χ1v) is 12.9. The smallest absolute Gasteiger partial charge is 0.354 e. The zero-order valence-electron chi connectivity index (χ0n) is 19.8. The Hall–Kier alpha value is -3.45. The van der Waals surface area contributed by atoms with E-state index in [0.717, 1.165) is 10.8 Å². The Morgan fingerprint density at radius 2 is 1.84 bits per heavy atom. The Labute approximate surface area is 211 Å². The fraction of sp³-hybridized carbons (Fsp3) is 0.333. The molecule has 0 atom stereocenters. The van der Waals surface area contributed by atoms with Crippen LogP contribution in [0.1, 0.15) is 30.5 Å². The SMILES string of the molecule is CN=C(CC=N)c1nnc(N2CCC(NS(=O)(=O)c3ccc(F)cc3C(F)(F)F)CC2)c2ccccc12. The number of benzene rings is 2. The molecule has 1 saturated heterocycles. The lowest BCUT2D eigenvalue weighted by Crippen LogP contribution is -2.45. The number of aromatic nitrogens is 2. The molecule has 0 saturated carbocycles. The molecule has 0 aliphatic carbocycles. The molecule has 0 bridgehead atoms. The van der Waals surface area contributed by atoms with Crippen molar-refractivity contribution in [3.63, 3.8) is 0 Å².